The van der Waals surface area contributed by atoms with Gasteiger partial charge in [0.15, 0.2) is 5.96 Å². The van der Waals surface area contributed by atoms with Crippen LogP contribution in [0, 0.1) is 0 Å². The Morgan fingerprint density at radius 1 is 1.19 bits per heavy atom. The van der Waals surface area contributed by atoms with Gasteiger partial charge in [-0.25, -0.2) is 4.99 Å². The first-order valence-corrected chi connectivity index (χ1v) is 11.2. The number of nitrogens with zero attached hydrogens (tertiary/aromatic N) is 2. The van der Waals surface area contributed by atoms with Gasteiger partial charge in [-0.2, -0.15) is 0 Å². The van der Waals surface area contributed by atoms with Crippen molar-refractivity contribution < 1.29 is 19.0 Å². The van der Waals surface area contributed by atoms with Crippen molar-refractivity contribution in [2.45, 2.75) is 57.3 Å². The Kier molecular flexibility index (Phi) is 8.82. The molecule has 1 aliphatic carbocycles. The standard InChI is InChI=1S/C23H36N4O4/c1-27(2)22(28)16-26-23(25-15-20-9-6-12-30-20)24-14-17-10-11-19(29-3)13-21(17)31-18-7-4-5-8-18/h10-11,13,18,20H,4-9,12,14-16H2,1-3H3,(H2,24,25,26). The lowest BCUT2D eigenvalue weighted by Crippen LogP contribution is -2.45. The van der Waals surface area contributed by atoms with E-state index >= 15 is 0 Å². The van der Waals surface area contributed by atoms with Crippen molar-refractivity contribution in [1.82, 2.24) is 15.5 Å². The first kappa shape index (κ1) is 23.2. The van der Waals surface area contributed by atoms with E-state index in [2.05, 4.69) is 10.6 Å². The Bertz CT molecular complexity index is 741. The maximum Gasteiger partial charge on any atom is 0.241 e. The lowest BCUT2D eigenvalue weighted by Gasteiger charge is -2.18. The Morgan fingerprint density at radius 3 is 2.68 bits per heavy atom. The molecule has 1 aromatic rings. The molecule has 1 amide bonds. The summed E-state index contributed by atoms with van der Waals surface area (Å²) in [4.78, 5) is 18.3. The van der Waals surface area contributed by atoms with E-state index < -0.39 is 0 Å². The van der Waals surface area contributed by atoms with Gasteiger partial charge in [0, 0.05) is 38.9 Å². The van der Waals surface area contributed by atoms with Crippen LogP contribution in [0.3, 0.4) is 0 Å². The Morgan fingerprint density at radius 2 is 2.00 bits per heavy atom. The number of carbonyl (C=O) groups is 1. The zero-order chi connectivity index (χ0) is 22.1. The van der Waals surface area contributed by atoms with Crippen molar-refractivity contribution >= 4 is 11.9 Å². The molecular weight excluding hydrogens is 396 g/mol. The zero-order valence-corrected chi connectivity index (χ0v) is 19.0. The van der Waals surface area contributed by atoms with Gasteiger partial charge in [0.1, 0.15) is 11.5 Å². The largest absolute Gasteiger partial charge is 0.497 e. The number of likely N-dealkylation sites (N-methyl/N-ethyl adjacent to an activating group) is 1. The molecule has 8 heteroatoms. The predicted molar refractivity (Wildman–Crippen MR) is 121 cm³/mol. The van der Waals surface area contributed by atoms with Crippen LogP contribution in [-0.2, 0) is 16.1 Å². The molecule has 1 saturated carbocycles. The summed E-state index contributed by atoms with van der Waals surface area (Å²) >= 11 is 0. The van der Waals surface area contributed by atoms with E-state index in [0.29, 0.717) is 19.0 Å². The fraction of sp³-hybridized carbons (Fsp3) is 0.652. The molecule has 1 atom stereocenters. The predicted octanol–water partition coefficient (Wildman–Crippen LogP) is 2.32. The molecule has 0 radical (unpaired) electrons. The molecule has 0 bridgehead atoms. The molecule has 31 heavy (non-hydrogen) atoms. The molecule has 1 saturated heterocycles. The third-order valence-corrected chi connectivity index (χ3v) is 5.70. The smallest absolute Gasteiger partial charge is 0.241 e. The minimum Gasteiger partial charge on any atom is -0.497 e. The van der Waals surface area contributed by atoms with E-state index in [0.717, 1.165) is 49.4 Å². The molecule has 0 spiro atoms. The fourth-order valence-electron chi connectivity index (χ4n) is 3.76. The van der Waals surface area contributed by atoms with Gasteiger partial charge >= 0.3 is 0 Å². The van der Waals surface area contributed by atoms with Gasteiger partial charge in [0.05, 0.1) is 32.4 Å². The van der Waals surface area contributed by atoms with Crippen LogP contribution in [0.4, 0.5) is 0 Å². The number of nitrogens with one attached hydrogen (secondary N) is 2. The molecule has 2 N–H and O–H groups in total. The summed E-state index contributed by atoms with van der Waals surface area (Å²) in [5.41, 5.74) is 0.991. The first-order chi connectivity index (χ1) is 15.0. The lowest BCUT2D eigenvalue weighted by atomic mass is 10.2. The number of benzene rings is 1. The number of amides is 1. The van der Waals surface area contributed by atoms with Crippen molar-refractivity contribution in [3.05, 3.63) is 23.8 Å². The van der Waals surface area contributed by atoms with Crippen molar-refractivity contribution in [3.63, 3.8) is 0 Å². The molecule has 3 rings (SSSR count). The van der Waals surface area contributed by atoms with E-state index in [1.807, 2.05) is 18.2 Å². The Labute approximate surface area is 185 Å². The van der Waals surface area contributed by atoms with Gasteiger partial charge in [-0.05, 0) is 50.7 Å². The molecule has 2 fully saturated rings. The van der Waals surface area contributed by atoms with Crippen LogP contribution in [-0.4, -0.2) is 69.9 Å². The zero-order valence-electron chi connectivity index (χ0n) is 19.0. The van der Waals surface area contributed by atoms with Gasteiger partial charge in [-0.1, -0.05) is 0 Å². The molecule has 172 valence electrons. The molecule has 1 aromatic carbocycles. The summed E-state index contributed by atoms with van der Waals surface area (Å²) in [5, 5.41) is 6.46. The molecule has 1 heterocycles. The summed E-state index contributed by atoms with van der Waals surface area (Å²) in [6, 6.07) is 5.86. The maximum atomic E-state index is 12.0. The summed E-state index contributed by atoms with van der Waals surface area (Å²) in [7, 11) is 5.14. The average Bonchev–Trinajstić information content (AvgIpc) is 3.47. The number of carbonyl (C=O) groups excluding carboxylic acids is 1. The van der Waals surface area contributed by atoms with Gasteiger partial charge in [0.25, 0.3) is 0 Å². The van der Waals surface area contributed by atoms with E-state index in [-0.39, 0.29) is 24.7 Å². The number of guanidine groups is 1. The summed E-state index contributed by atoms with van der Waals surface area (Å²) < 4.78 is 17.4. The second-order valence-corrected chi connectivity index (χ2v) is 8.32. The van der Waals surface area contributed by atoms with Gasteiger partial charge in [0.2, 0.25) is 5.91 Å². The van der Waals surface area contributed by atoms with Crippen molar-refractivity contribution in [1.29, 1.82) is 0 Å². The molecule has 1 unspecified atom stereocenters. The highest BCUT2D eigenvalue weighted by atomic mass is 16.5. The molecular formula is C23H36N4O4. The first-order valence-electron chi connectivity index (χ1n) is 11.2. The van der Waals surface area contributed by atoms with Crippen LogP contribution in [0.25, 0.3) is 0 Å². The van der Waals surface area contributed by atoms with E-state index in [1.165, 1.54) is 12.8 Å². The van der Waals surface area contributed by atoms with Gasteiger partial charge < -0.3 is 29.7 Å². The summed E-state index contributed by atoms with van der Waals surface area (Å²) in [6.45, 7) is 2.08. The third-order valence-electron chi connectivity index (χ3n) is 5.70. The Balaban J connectivity index is 1.69. The third kappa shape index (κ3) is 7.31. The number of aliphatic imine (C=N–C) groups is 1. The van der Waals surface area contributed by atoms with E-state index in [1.54, 1.807) is 26.1 Å². The normalized spacial score (nSPS) is 19.3. The quantitative estimate of drug-likeness (QED) is 0.460. The van der Waals surface area contributed by atoms with Crippen LogP contribution in [0.2, 0.25) is 0 Å². The minimum atomic E-state index is -0.0127. The molecule has 2 aliphatic rings. The summed E-state index contributed by atoms with van der Waals surface area (Å²) in [6.07, 6.45) is 7.15. The SMILES string of the molecule is COc1ccc(CN=C(NCC(=O)N(C)C)NCC2CCCO2)c(OC2CCCC2)c1. The van der Waals surface area contributed by atoms with Crippen molar-refractivity contribution in [2.24, 2.45) is 4.99 Å². The monoisotopic (exact) mass is 432 g/mol. The summed E-state index contributed by atoms with van der Waals surface area (Å²) in [5.74, 6) is 2.17. The lowest BCUT2D eigenvalue weighted by molar-refractivity contribution is -0.127. The van der Waals surface area contributed by atoms with Gasteiger partial charge in [-0.15, -0.1) is 0 Å². The highest BCUT2D eigenvalue weighted by Gasteiger charge is 2.19. The Hall–Kier alpha value is -2.48. The number of hydrogen-bond donors (Lipinski definition) is 2. The highest BCUT2D eigenvalue weighted by molar-refractivity contribution is 5.86. The topological polar surface area (TPSA) is 84.4 Å². The second kappa shape index (κ2) is 11.8. The van der Waals surface area contributed by atoms with Crippen LogP contribution >= 0.6 is 0 Å². The number of ether oxygens (including phenoxy) is 3. The molecule has 0 aromatic heterocycles. The number of rotatable bonds is 9. The van der Waals surface area contributed by atoms with Crippen molar-refractivity contribution in [2.75, 3.05) is 40.9 Å². The highest BCUT2D eigenvalue weighted by Crippen LogP contribution is 2.30. The van der Waals surface area contributed by atoms with Crippen LogP contribution < -0.4 is 20.1 Å². The van der Waals surface area contributed by atoms with E-state index in [9.17, 15) is 4.79 Å². The second-order valence-electron chi connectivity index (χ2n) is 8.32. The average molecular weight is 433 g/mol. The van der Waals surface area contributed by atoms with Crippen LogP contribution in [0.15, 0.2) is 23.2 Å². The number of methoxy groups -OCH3 is 1. The maximum absolute atomic E-state index is 12.0. The molecule has 8 nitrogen and oxygen atoms in total. The van der Waals surface area contributed by atoms with Crippen LogP contribution in [0.1, 0.15) is 44.1 Å². The van der Waals surface area contributed by atoms with Gasteiger partial charge in [-0.3, -0.25) is 4.79 Å². The van der Waals surface area contributed by atoms with Crippen LogP contribution in [0.5, 0.6) is 11.5 Å². The van der Waals surface area contributed by atoms with E-state index in [4.69, 9.17) is 19.2 Å². The number of hydrogen-bond acceptors (Lipinski definition) is 5. The van der Waals surface area contributed by atoms with Crippen molar-refractivity contribution in [3.8, 4) is 11.5 Å². The molecule has 1 aliphatic heterocycles. The minimum absolute atomic E-state index is 0.0127. The fourth-order valence-corrected chi connectivity index (χ4v) is 3.76.